The molecule has 0 spiro atoms. The summed E-state index contributed by atoms with van der Waals surface area (Å²) in [6.07, 6.45) is -1.07. The molecule has 0 radical (unpaired) electrons. The van der Waals surface area contributed by atoms with Gasteiger partial charge in [-0.25, -0.2) is 18.5 Å². The molecule has 3 heterocycles. The van der Waals surface area contributed by atoms with Gasteiger partial charge in [0.05, 0.1) is 34.1 Å². The lowest BCUT2D eigenvalue weighted by Gasteiger charge is -2.45. The standard InChI is InChI=1S/C46H52ClFN6O5SSi/c1-28(2)35-23-32(27-59-61(46(6,7)8,33-16-11-9-12-17-33)34-18-13-10-14-19-34)22-29(3)42(35)54-43-36(24-37(47)41(50-43)40-38(48)20-15-21-39(40)49)44(51-60(54,57)58)52-25-31(5)53(45(55)56)26-30(52)4/h9-24,28,30-31H,25-27,49H2,1-8H3,(H,55,56). The first kappa shape index (κ1) is 43.8. The lowest BCUT2D eigenvalue weighted by Crippen LogP contribution is -2.66. The topological polar surface area (TPSA) is 142 Å². The first-order valence-corrected chi connectivity index (χ1v) is 24.0. The zero-order valence-corrected chi connectivity index (χ0v) is 38.2. The molecular weight excluding hydrogens is 831 g/mol. The van der Waals surface area contributed by atoms with Gasteiger partial charge in [-0.05, 0) is 77.0 Å². The normalized spacial score (nSPS) is 18.0. The Bertz CT molecular complexity index is 2570. The van der Waals surface area contributed by atoms with Crippen molar-refractivity contribution in [3.63, 3.8) is 0 Å². The SMILES string of the molecule is Cc1cc(CO[Si](c2ccccc2)(c2ccccc2)C(C)(C)C)cc(C(C)C)c1N1c2nc(-c3c(N)cccc3F)c(Cl)cc2C(N2CC(C)N(C(=O)O)CC2C)=NS1(=O)=O. The second-order valence-electron chi connectivity index (χ2n) is 17.3. The van der Waals surface area contributed by atoms with Gasteiger partial charge in [-0.15, -0.1) is 4.40 Å². The number of aromatic nitrogens is 1. The minimum atomic E-state index is -4.61. The van der Waals surface area contributed by atoms with Gasteiger partial charge in [0.15, 0.2) is 11.7 Å². The number of carbonyl (C=O) groups is 1. The molecule has 0 aliphatic carbocycles. The largest absolute Gasteiger partial charge is 0.465 e. The zero-order chi connectivity index (χ0) is 44.2. The molecule has 0 saturated carbocycles. The summed E-state index contributed by atoms with van der Waals surface area (Å²) in [4.78, 5) is 20.0. The fraction of sp³-hybridized carbons (Fsp3) is 0.326. The molecular formula is C46H52ClFN6O5SSi. The number of pyridine rings is 1. The number of amidine groups is 1. The number of nitrogens with zero attached hydrogens (tertiary/aromatic N) is 5. The van der Waals surface area contributed by atoms with Gasteiger partial charge in [0.1, 0.15) is 5.82 Å². The van der Waals surface area contributed by atoms with Gasteiger partial charge < -0.3 is 25.1 Å². The number of hydrogen-bond donors (Lipinski definition) is 2. The van der Waals surface area contributed by atoms with Crippen molar-refractivity contribution in [1.29, 1.82) is 0 Å². The Balaban J connectivity index is 1.40. The van der Waals surface area contributed by atoms with E-state index < -0.39 is 42.5 Å². The van der Waals surface area contributed by atoms with Crippen molar-refractivity contribution >= 4 is 69.6 Å². The maximum atomic E-state index is 15.6. The maximum Gasteiger partial charge on any atom is 0.407 e. The van der Waals surface area contributed by atoms with Gasteiger partial charge in [0.2, 0.25) is 0 Å². The summed E-state index contributed by atoms with van der Waals surface area (Å²) in [7, 11) is -7.55. The van der Waals surface area contributed by atoms with Crippen LogP contribution in [0.25, 0.3) is 11.3 Å². The molecule has 320 valence electrons. The number of fused-ring (bicyclic) bond motifs is 1. The summed E-state index contributed by atoms with van der Waals surface area (Å²) in [5, 5.41) is 11.9. The number of rotatable bonds is 8. The number of piperazine rings is 1. The molecule has 7 rings (SSSR count). The molecule has 3 N–H and O–H groups in total. The summed E-state index contributed by atoms with van der Waals surface area (Å²) < 4.78 is 58.4. The van der Waals surface area contributed by atoms with E-state index >= 15 is 4.39 Å². The highest BCUT2D eigenvalue weighted by Gasteiger charge is 2.50. The number of amides is 1. The van der Waals surface area contributed by atoms with Gasteiger partial charge in [-0.2, -0.15) is 8.42 Å². The monoisotopic (exact) mass is 882 g/mol. The van der Waals surface area contributed by atoms with E-state index in [0.717, 1.165) is 20.2 Å². The fourth-order valence-corrected chi connectivity index (χ4v) is 15.0. The summed E-state index contributed by atoms with van der Waals surface area (Å²) in [6, 6.07) is 29.5. The molecule has 11 nitrogen and oxygen atoms in total. The molecule has 4 aromatic carbocycles. The van der Waals surface area contributed by atoms with Crippen LogP contribution in [0.15, 0.2) is 101 Å². The Labute approximate surface area is 364 Å². The molecule has 2 atom stereocenters. The summed E-state index contributed by atoms with van der Waals surface area (Å²) in [5.74, 6) is -0.833. The molecule has 15 heteroatoms. The van der Waals surface area contributed by atoms with Gasteiger partial charge in [-0.1, -0.05) is 125 Å². The fourth-order valence-electron chi connectivity index (χ4n) is 8.83. The maximum absolute atomic E-state index is 15.6. The van der Waals surface area contributed by atoms with Gasteiger partial charge >= 0.3 is 16.3 Å². The van der Waals surface area contributed by atoms with E-state index in [1.807, 2.05) is 69.3 Å². The van der Waals surface area contributed by atoms with Crippen molar-refractivity contribution in [1.82, 2.24) is 14.8 Å². The van der Waals surface area contributed by atoms with Gasteiger partial charge in [-0.3, -0.25) is 0 Å². The molecule has 2 aliphatic rings. The highest BCUT2D eigenvalue weighted by atomic mass is 35.5. The van der Waals surface area contributed by atoms with E-state index in [2.05, 4.69) is 49.4 Å². The first-order valence-electron chi connectivity index (χ1n) is 20.3. The van der Waals surface area contributed by atoms with E-state index in [9.17, 15) is 18.3 Å². The van der Waals surface area contributed by atoms with Crippen LogP contribution in [0.3, 0.4) is 0 Å². The van der Waals surface area contributed by atoms with E-state index in [0.29, 0.717) is 16.8 Å². The third kappa shape index (κ3) is 7.90. The van der Waals surface area contributed by atoms with Crippen molar-refractivity contribution in [2.45, 2.75) is 85.0 Å². The third-order valence-electron chi connectivity index (χ3n) is 11.7. The average molecular weight is 884 g/mol. The first-order chi connectivity index (χ1) is 28.8. The Morgan fingerprint density at radius 2 is 1.59 bits per heavy atom. The Kier molecular flexibility index (Phi) is 11.9. The van der Waals surface area contributed by atoms with Crippen LogP contribution in [0.5, 0.6) is 0 Å². The molecule has 61 heavy (non-hydrogen) atoms. The lowest BCUT2D eigenvalue weighted by atomic mass is 9.95. The number of nitrogen functional groups attached to an aromatic ring is 1. The van der Waals surface area contributed by atoms with Crippen molar-refractivity contribution in [2.75, 3.05) is 23.1 Å². The highest BCUT2D eigenvalue weighted by molar-refractivity contribution is 7.92. The number of carboxylic acid groups (broad SMARTS) is 1. The van der Waals surface area contributed by atoms with Crippen LogP contribution < -0.4 is 20.4 Å². The smallest absolute Gasteiger partial charge is 0.407 e. The Morgan fingerprint density at radius 3 is 2.15 bits per heavy atom. The highest BCUT2D eigenvalue weighted by Crippen LogP contribution is 2.46. The van der Waals surface area contributed by atoms with E-state index in [4.69, 9.17) is 26.7 Å². The molecule has 2 unspecified atom stereocenters. The van der Waals surface area contributed by atoms with Crippen LogP contribution in [0.2, 0.25) is 10.1 Å². The molecule has 1 saturated heterocycles. The number of anilines is 3. The van der Waals surface area contributed by atoms with Crippen LogP contribution in [0, 0.1) is 12.7 Å². The number of benzene rings is 4. The summed E-state index contributed by atoms with van der Waals surface area (Å²) in [5.41, 5.74) is 9.12. The van der Waals surface area contributed by atoms with Crippen molar-refractivity contribution in [3.8, 4) is 11.3 Å². The van der Waals surface area contributed by atoms with E-state index in [1.54, 1.807) is 24.8 Å². The molecule has 0 bridgehead atoms. The predicted octanol–water partition coefficient (Wildman–Crippen LogP) is 8.85. The summed E-state index contributed by atoms with van der Waals surface area (Å²) >= 11 is 6.94. The van der Waals surface area contributed by atoms with Crippen LogP contribution in [-0.2, 0) is 21.2 Å². The minimum absolute atomic E-state index is 0.0315. The van der Waals surface area contributed by atoms with Gasteiger partial charge in [0, 0.05) is 30.9 Å². The van der Waals surface area contributed by atoms with Crippen LogP contribution in [0.4, 0.5) is 26.4 Å². The van der Waals surface area contributed by atoms with Crippen LogP contribution in [0.1, 0.15) is 76.6 Å². The molecule has 1 fully saturated rings. The second-order valence-corrected chi connectivity index (χ2v) is 23.4. The van der Waals surface area contributed by atoms with E-state index in [-0.39, 0.29) is 69.8 Å². The Morgan fingerprint density at radius 1 is 0.967 bits per heavy atom. The molecule has 2 aliphatic heterocycles. The second kappa shape index (κ2) is 16.5. The molecule has 1 amide bonds. The molecule has 5 aromatic rings. The van der Waals surface area contributed by atoms with Gasteiger partial charge in [0.25, 0.3) is 8.32 Å². The van der Waals surface area contributed by atoms with Crippen LogP contribution in [-0.4, -0.2) is 73.7 Å². The van der Waals surface area contributed by atoms with E-state index in [1.165, 1.54) is 23.1 Å². The lowest BCUT2D eigenvalue weighted by molar-refractivity contribution is 0.0751. The quantitative estimate of drug-likeness (QED) is 0.116. The number of hydrogen-bond acceptors (Lipinski definition) is 7. The average Bonchev–Trinajstić information content (AvgIpc) is 3.19. The number of nitrogens with two attached hydrogens (primary N) is 1. The Hall–Kier alpha value is -5.28. The predicted molar refractivity (Wildman–Crippen MR) is 245 cm³/mol. The minimum Gasteiger partial charge on any atom is -0.465 e. The number of aryl methyl sites for hydroxylation is 1. The van der Waals surface area contributed by atoms with Crippen molar-refractivity contribution < 1.29 is 27.1 Å². The van der Waals surface area contributed by atoms with Crippen molar-refractivity contribution in [3.05, 3.63) is 130 Å². The van der Waals surface area contributed by atoms with Crippen molar-refractivity contribution in [2.24, 2.45) is 4.40 Å². The molecule has 1 aromatic heterocycles. The zero-order valence-electron chi connectivity index (χ0n) is 35.6. The van der Waals surface area contributed by atoms with Crippen LogP contribution >= 0.6 is 11.6 Å². The summed E-state index contributed by atoms with van der Waals surface area (Å²) in [6.45, 7) is 16.6. The number of halogens is 2. The third-order valence-corrected chi connectivity index (χ3v) is 18.2.